The lowest BCUT2D eigenvalue weighted by Gasteiger charge is -2.36. The van der Waals surface area contributed by atoms with Crippen LogP contribution in [0.1, 0.15) is 29.7 Å². The normalized spacial score (nSPS) is 24.9. The minimum atomic E-state index is -0.628. The van der Waals surface area contributed by atoms with Gasteiger partial charge in [0, 0.05) is 45.3 Å². The van der Waals surface area contributed by atoms with E-state index in [2.05, 4.69) is 33.0 Å². The van der Waals surface area contributed by atoms with E-state index in [-0.39, 0.29) is 42.7 Å². The van der Waals surface area contributed by atoms with Crippen molar-refractivity contribution in [3.05, 3.63) is 59.2 Å². The average molecular weight is 496 g/mol. The number of ether oxygens (including phenoxy) is 1. The number of aromatic nitrogens is 1. The molecule has 6 rings (SSSR count). The van der Waals surface area contributed by atoms with Gasteiger partial charge in [-0.3, -0.25) is 9.88 Å². The number of aliphatic hydroxyl groups excluding tert-OH is 1. The quantitative estimate of drug-likeness (QED) is 0.635. The molecular weight excluding hydrogens is 461 g/mol. The van der Waals surface area contributed by atoms with Crippen molar-refractivity contribution in [3.63, 3.8) is 0 Å². The molecule has 36 heavy (non-hydrogen) atoms. The van der Waals surface area contributed by atoms with E-state index in [1.165, 1.54) is 11.1 Å². The highest BCUT2D eigenvalue weighted by Crippen LogP contribution is 2.34. The third-order valence-electron chi connectivity index (χ3n) is 8.07. The molecule has 1 aromatic carbocycles. The first kappa shape index (κ1) is 23.6. The van der Waals surface area contributed by atoms with Gasteiger partial charge in [0.25, 0.3) is 0 Å². The van der Waals surface area contributed by atoms with Gasteiger partial charge in [0.1, 0.15) is 5.82 Å². The van der Waals surface area contributed by atoms with E-state index >= 15 is 4.39 Å². The molecule has 1 aromatic heterocycles. The Labute approximate surface area is 211 Å². The third kappa shape index (κ3) is 4.67. The van der Waals surface area contributed by atoms with Crippen molar-refractivity contribution in [1.29, 1.82) is 0 Å². The standard InChI is InChI=1S/C27H34FN5O3/c28-25-11-23(33-21-5-6-22(33)18-36-17-21)12-29-26(25)16-32-10-9-31(27(32)35)15-24(34)14-30-8-7-19-3-1-2-4-20(19)13-30/h1-4,11-12,21-22,24,34H,5-10,13-18H2. The van der Waals surface area contributed by atoms with Crippen LogP contribution in [0.3, 0.4) is 0 Å². The number of urea groups is 1. The Hall–Kier alpha value is -2.75. The number of carbonyl (C=O) groups is 1. The maximum absolute atomic E-state index is 15.0. The summed E-state index contributed by atoms with van der Waals surface area (Å²) in [6.45, 7) is 5.04. The van der Waals surface area contributed by atoms with Crippen molar-refractivity contribution >= 4 is 11.7 Å². The van der Waals surface area contributed by atoms with Gasteiger partial charge in [0.05, 0.1) is 55.5 Å². The molecule has 0 aliphatic carbocycles. The summed E-state index contributed by atoms with van der Waals surface area (Å²) in [4.78, 5) is 25.2. The van der Waals surface area contributed by atoms with Gasteiger partial charge in [-0.1, -0.05) is 24.3 Å². The highest BCUT2D eigenvalue weighted by atomic mass is 19.1. The molecule has 3 saturated heterocycles. The molecule has 0 radical (unpaired) electrons. The zero-order valence-corrected chi connectivity index (χ0v) is 20.6. The number of rotatable bonds is 7. The van der Waals surface area contributed by atoms with E-state index in [1.807, 2.05) is 6.07 Å². The highest BCUT2D eigenvalue weighted by molar-refractivity contribution is 5.76. The van der Waals surface area contributed by atoms with Crippen LogP contribution < -0.4 is 4.90 Å². The minimum Gasteiger partial charge on any atom is -0.390 e. The molecule has 2 amide bonds. The Bertz CT molecular complexity index is 1100. The first-order chi connectivity index (χ1) is 17.5. The number of amides is 2. The van der Waals surface area contributed by atoms with Crippen molar-refractivity contribution < 1.29 is 19.0 Å². The van der Waals surface area contributed by atoms with E-state index in [9.17, 15) is 9.90 Å². The van der Waals surface area contributed by atoms with Crippen LogP contribution in [0.5, 0.6) is 0 Å². The van der Waals surface area contributed by atoms with Crippen LogP contribution in [-0.2, 0) is 24.2 Å². The van der Waals surface area contributed by atoms with E-state index < -0.39 is 6.10 Å². The Morgan fingerprint density at radius 3 is 2.58 bits per heavy atom. The molecule has 0 saturated carbocycles. The number of anilines is 1. The number of hydrogen-bond donors (Lipinski definition) is 1. The summed E-state index contributed by atoms with van der Waals surface area (Å²) in [6, 6.07) is 10.4. The van der Waals surface area contributed by atoms with E-state index in [1.54, 1.807) is 22.1 Å². The molecular formula is C27H34FN5O3. The van der Waals surface area contributed by atoms with Gasteiger partial charge >= 0.3 is 6.03 Å². The van der Waals surface area contributed by atoms with Crippen molar-refractivity contribution in [2.24, 2.45) is 0 Å². The molecule has 4 aliphatic rings. The monoisotopic (exact) mass is 495 g/mol. The smallest absolute Gasteiger partial charge is 0.320 e. The second-order valence-electron chi connectivity index (χ2n) is 10.5. The van der Waals surface area contributed by atoms with E-state index in [0.717, 1.165) is 38.0 Å². The second kappa shape index (κ2) is 9.95. The lowest BCUT2D eigenvalue weighted by Crippen LogP contribution is -2.46. The van der Waals surface area contributed by atoms with Crippen LogP contribution in [0.2, 0.25) is 0 Å². The number of aliphatic hydroxyl groups is 1. The van der Waals surface area contributed by atoms with Crippen LogP contribution in [0.15, 0.2) is 36.5 Å². The van der Waals surface area contributed by atoms with Gasteiger partial charge in [-0.25, -0.2) is 9.18 Å². The van der Waals surface area contributed by atoms with E-state index in [4.69, 9.17) is 4.74 Å². The average Bonchev–Trinajstić information content (AvgIpc) is 3.34. The predicted octanol–water partition coefficient (Wildman–Crippen LogP) is 2.25. The molecule has 3 unspecified atom stereocenters. The number of β-amino-alcohol motifs (C(OH)–C–C–N with tert-alkyl or cyclic N) is 1. The zero-order chi connectivity index (χ0) is 24.6. The third-order valence-corrected chi connectivity index (χ3v) is 8.07. The Kier molecular flexibility index (Phi) is 6.54. The van der Waals surface area contributed by atoms with Crippen LogP contribution in [0, 0.1) is 5.82 Å². The van der Waals surface area contributed by atoms with Crippen LogP contribution >= 0.6 is 0 Å². The highest BCUT2D eigenvalue weighted by Gasteiger charge is 2.38. The molecule has 8 nitrogen and oxygen atoms in total. The second-order valence-corrected chi connectivity index (χ2v) is 10.5. The molecule has 5 heterocycles. The summed E-state index contributed by atoms with van der Waals surface area (Å²) in [5.41, 5.74) is 3.76. The number of benzene rings is 1. The number of nitrogens with zero attached hydrogens (tertiary/aromatic N) is 5. The number of morpholine rings is 1. The van der Waals surface area contributed by atoms with Crippen molar-refractivity contribution in [3.8, 4) is 0 Å². The molecule has 9 heteroatoms. The first-order valence-corrected chi connectivity index (χ1v) is 13.1. The van der Waals surface area contributed by atoms with E-state index in [0.29, 0.717) is 32.8 Å². The number of hydrogen-bond acceptors (Lipinski definition) is 6. The summed E-state index contributed by atoms with van der Waals surface area (Å²) in [6.07, 6.45) is 4.20. The Morgan fingerprint density at radius 2 is 1.81 bits per heavy atom. The lowest BCUT2D eigenvalue weighted by molar-refractivity contribution is 0.0811. The largest absolute Gasteiger partial charge is 0.390 e. The van der Waals surface area contributed by atoms with Gasteiger partial charge in [-0.2, -0.15) is 0 Å². The Morgan fingerprint density at radius 1 is 1.06 bits per heavy atom. The zero-order valence-electron chi connectivity index (χ0n) is 20.6. The molecule has 0 spiro atoms. The molecule has 3 atom stereocenters. The van der Waals surface area contributed by atoms with Crippen LogP contribution in [0.4, 0.5) is 14.9 Å². The molecule has 1 N–H and O–H groups in total. The summed E-state index contributed by atoms with van der Waals surface area (Å²) in [7, 11) is 0. The fourth-order valence-electron chi connectivity index (χ4n) is 6.21. The summed E-state index contributed by atoms with van der Waals surface area (Å²) < 4.78 is 20.6. The van der Waals surface area contributed by atoms with Crippen LogP contribution in [0.25, 0.3) is 0 Å². The van der Waals surface area contributed by atoms with Crippen LogP contribution in [-0.4, -0.2) is 94.9 Å². The maximum Gasteiger partial charge on any atom is 0.320 e. The van der Waals surface area contributed by atoms with Crippen molar-refractivity contribution in [2.45, 2.75) is 50.5 Å². The molecule has 3 fully saturated rings. The minimum absolute atomic E-state index is 0.135. The maximum atomic E-state index is 15.0. The summed E-state index contributed by atoms with van der Waals surface area (Å²) in [5.74, 6) is -0.380. The van der Waals surface area contributed by atoms with Gasteiger partial charge in [0.15, 0.2) is 0 Å². The molecule has 2 aromatic rings. The first-order valence-electron chi connectivity index (χ1n) is 13.1. The summed E-state index contributed by atoms with van der Waals surface area (Å²) in [5, 5.41) is 10.7. The number of carbonyl (C=O) groups excluding carboxylic acids is 1. The molecule has 2 bridgehead atoms. The lowest BCUT2D eigenvalue weighted by atomic mass is 10.00. The number of fused-ring (bicyclic) bond motifs is 3. The van der Waals surface area contributed by atoms with Gasteiger partial charge in [-0.15, -0.1) is 0 Å². The molecule has 4 aliphatic heterocycles. The Balaban J connectivity index is 1.03. The fraction of sp³-hybridized carbons (Fsp3) is 0.556. The van der Waals surface area contributed by atoms with Gasteiger partial charge < -0.3 is 24.5 Å². The van der Waals surface area contributed by atoms with Crippen molar-refractivity contribution in [1.82, 2.24) is 19.7 Å². The predicted molar refractivity (Wildman–Crippen MR) is 133 cm³/mol. The number of pyridine rings is 1. The summed E-state index contributed by atoms with van der Waals surface area (Å²) >= 11 is 0. The molecule has 192 valence electrons. The van der Waals surface area contributed by atoms with Crippen molar-refractivity contribution in [2.75, 3.05) is 50.8 Å². The SMILES string of the molecule is O=C1N(Cc2ncc(N3C4CCC3COC4)cc2F)CCN1CC(O)CN1CCc2ccccc2C1. The fourth-order valence-corrected chi connectivity index (χ4v) is 6.21. The topological polar surface area (TPSA) is 72.4 Å². The number of halogens is 1. The van der Waals surface area contributed by atoms with Gasteiger partial charge in [-0.05, 0) is 30.4 Å². The van der Waals surface area contributed by atoms with Gasteiger partial charge in [0.2, 0.25) is 0 Å².